The van der Waals surface area contributed by atoms with Gasteiger partial charge in [-0.05, 0) is 37.3 Å². The van der Waals surface area contributed by atoms with Crippen LogP contribution in [0.2, 0.25) is 0 Å². The highest BCUT2D eigenvalue weighted by molar-refractivity contribution is 7.98. The van der Waals surface area contributed by atoms with Crippen molar-refractivity contribution in [3.05, 3.63) is 29.8 Å². The number of para-hydroxylation sites is 1. The number of fused-ring (bicyclic) bond motifs is 4. The molecule has 0 bridgehead atoms. The van der Waals surface area contributed by atoms with Gasteiger partial charge >= 0.3 is 0 Å². The first-order valence-electron chi connectivity index (χ1n) is 10.1. The van der Waals surface area contributed by atoms with Crippen LogP contribution in [0.4, 0.5) is 5.69 Å². The van der Waals surface area contributed by atoms with Crippen LogP contribution in [0.25, 0.3) is 0 Å². The predicted octanol–water partition coefficient (Wildman–Crippen LogP) is 2.10. The lowest BCUT2D eigenvalue weighted by Gasteiger charge is -2.31. The van der Waals surface area contributed by atoms with Crippen LogP contribution in [0.5, 0.6) is 0 Å². The number of anilines is 1. The Morgan fingerprint density at radius 1 is 1.14 bits per heavy atom. The van der Waals surface area contributed by atoms with Crippen molar-refractivity contribution in [1.82, 2.24) is 10.2 Å². The van der Waals surface area contributed by atoms with Gasteiger partial charge < -0.3 is 5.32 Å². The molecule has 3 fully saturated rings. The van der Waals surface area contributed by atoms with Crippen molar-refractivity contribution in [3.63, 3.8) is 0 Å². The summed E-state index contributed by atoms with van der Waals surface area (Å²) in [5.41, 5.74) is 0.407. The highest BCUT2D eigenvalue weighted by atomic mass is 32.2. The molecule has 2 saturated heterocycles. The highest BCUT2D eigenvalue weighted by Gasteiger charge is 2.70. The lowest BCUT2D eigenvalue weighted by Crippen LogP contribution is -2.54. The third-order valence-corrected chi connectivity index (χ3v) is 7.62. The van der Waals surface area contributed by atoms with Crippen molar-refractivity contribution in [2.24, 2.45) is 11.8 Å². The summed E-state index contributed by atoms with van der Waals surface area (Å²) in [4.78, 5) is 41.8. The third-order valence-electron chi connectivity index (χ3n) is 6.98. The van der Waals surface area contributed by atoms with Gasteiger partial charge in [-0.2, -0.15) is 11.8 Å². The number of benzene rings is 1. The summed E-state index contributed by atoms with van der Waals surface area (Å²) in [6.45, 7) is 0. The zero-order valence-corrected chi connectivity index (χ0v) is 16.8. The van der Waals surface area contributed by atoms with E-state index in [1.165, 1.54) is 4.90 Å². The Balaban J connectivity index is 1.61. The van der Waals surface area contributed by atoms with E-state index in [0.717, 1.165) is 49.1 Å². The molecule has 28 heavy (non-hydrogen) atoms. The molecule has 3 heterocycles. The molecule has 6 nitrogen and oxygen atoms in total. The van der Waals surface area contributed by atoms with Crippen molar-refractivity contribution >= 4 is 35.2 Å². The van der Waals surface area contributed by atoms with Crippen LogP contribution in [0.3, 0.4) is 0 Å². The Labute approximate surface area is 168 Å². The average Bonchev–Trinajstić information content (AvgIpc) is 3.42. The molecule has 1 aliphatic carbocycles. The Hall–Kier alpha value is -1.86. The van der Waals surface area contributed by atoms with Gasteiger partial charge in [0.1, 0.15) is 5.54 Å². The zero-order chi connectivity index (χ0) is 19.5. The normalized spacial score (nSPS) is 34.4. The quantitative estimate of drug-likeness (QED) is 0.758. The van der Waals surface area contributed by atoms with Gasteiger partial charge in [0, 0.05) is 23.3 Å². The van der Waals surface area contributed by atoms with E-state index in [2.05, 4.69) is 10.6 Å². The van der Waals surface area contributed by atoms with Gasteiger partial charge in [0.25, 0.3) is 0 Å². The fraction of sp³-hybridized carbons (Fsp3) is 0.571. The number of hydrogen-bond acceptors (Lipinski definition) is 5. The highest BCUT2D eigenvalue weighted by Crippen LogP contribution is 2.54. The lowest BCUT2D eigenvalue weighted by molar-refractivity contribution is -0.145. The second-order valence-electron chi connectivity index (χ2n) is 8.33. The summed E-state index contributed by atoms with van der Waals surface area (Å²) in [5.74, 6) is -0.675. The number of carbonyl (C=O) groups is 3. The van der Waals surface area contributed by atoms with Crippen molar-refractivity contribution in [2.45, 2.75) is 49.7 Å². The summed E-state index contributed by atoms with van der Waals surface area (Å²) in [6, 6.07) is 7.37. The van der Waals surface area contributed by atoms with E-state index in [0.29, 0.717) is 0 Å². The van der Waals surface area contributed by atoms with Crippen molar-refractivity contribution in [3.8, 4) is 0 Å². The minimum atomic E-state index is -1.13. The number of nitrogens with zero attached hydrogens (tertiary/aromatic N) is 1. The molecule has 0 aromatic heterocycles. The molecular weight excluding hydrogens is 374 g/mol. The van der Waals surface area contributed by atoms with Crippen LogP contribution in [0.15, 0.2) is 24.3 Å². The maximum absolute atomic E-state index is 13.6. The molecule has 7 heteroatoms. The van der Waals surface area contributed by atoms with E-state index < -0.39 is 17.4 Å². The van der Waals surface area contributed by atoms with Crippen molar-refractivity contribution < 1.29 is 14.4 Å². The molecule has 2 N–H and O–H groups in total. The van der Waals surface area contributed by atoms with Crippen LogP contribution in [0.1, 0.15) is 37.7 Å². The molecule has 1 aromatic rings. The van der Waals surface area contributed by atoms with Gasteiger partial charge in [0.05, 0.1) is 11.8 Å². The molecule has 1 spiro atoms. The third kappa shape index (κ3) is 2.29. The number of carbonyl (C=O) groups excluding carboxylic acids is 3. The second kappa shape index (κ2) is 6.59. The van der Waals surface area contributed by atoms with Crippen molar-refractivity contribution in [2.75, 3.05) is 17.3 Å². The minimum Gasteiger partial charge on any atom is -0.324 e. The van der Waals surface area contributed by atoms with E-state index in [1.807, 2.05) is 30.5 Å². The molecular formula is C21H25N3O3S. The second-order valence-corrected chi connectivity index (χ2v) is 9.31. The molecule has 4 atom stereocenters. The molecule has 1 saturated carbocycles. The summed E-state index contributed by atoms with van der Waals surface area (Å²) in [6.07, 6.45) is 6.67. The van der Waals surface area contributed by atoms with Gasteiger partial charge in [-0.3, -0.25) is 24.6 Å². The van der Waals surface area contributed by atoms with Crippen LogP contribution in [0, 0.1) is 11.8 Å². The summed E-state index contributed by atoms with van der Waals surface area (Å²) < 4.78 is 0. The number of imide groups is 1. The topological polar surface area (TPSA) is 78.5 Å². The molecule has 0 radical (unpaired) electrons. The fourth-order valence-corrected chi connectivity index (χ4v) is 6.29. The first kappa shape index (κ1) is 18.2. The largest absolute Gasteiger partial charge is 0.324 e. The Kier molecular flexibility index (Phi) is 4.28. The molecule has 3 amide bonds. The number of thioether (sulfide) groups is 1. The van der Waals surface area contributed by atoms with E-state index >= 15 is 0 Å². The number of hydrogen-bond donors (Lipinski definition) is 2. The fourth-order valence-electron chi connectivity index (χ4n) is 5.80. The zero-order valence-electron chi connectivity index (χ0n) is 15.9. The maximum Gasteiger partial charge on any atom is 0.250 e. The van der Waals surface area contributed by atoms with Crippen LogP contribution in [-0.4, -0.2) is 46.7 Å². The van der Waals surface area contributed by atoms with Crippen molar-refractivity contribution in [1.29, 1.82) is 0 Å². The smallest absolute Gasteiger partial charge is 0.250 e. The molecule has 148 valence electrons. The van der Waals surface area contributed by atoms with Crippen LogP contribution >= 0.6 is 11.8 Å². The molecule has 0 unspecified atom stereocenters. The van der Waals surface area contributed by atoms with Crippen LogP contribution < -0.4 is 10.6 Å². The van der Waals surface area contributed by atoms with Crippen LogP contribution in [-0.2, 0) is 19.9 Å². The van der Waals surface area contributed by atoms with E-state index in [9.17, 15) is 14.4 Å². The number of likely N-dealkylation sites (tertiary alicyclic amines) is 1. The molecule has 5 rings (SSSR count). The lowest BCUT2D eigenvalue weighted by atomic mass is 9.76. The summed E-state index contributed by atoms with van der Waals surface area (Å²) in [5, 5.41) is 6.44. The summed E-state index contributed by atoms with van der Waals surface area (Å²) >= 11 is 1.72. The van der Waals surface area contributed by atoms with E-state index in [1.54, 1.807) is 11.8 Å². The average molecular weight is 400 g/mol. The van der Waals surface area contributed by atoms with E-state index in [-0.39, 0.29) is 29.8 Å². The summed E-state index contributed by atoms with van der Waals surface area (Å²) in [7, 11) is 0. The van der Waals surface area contributed by atoms with E-state index in [4.69, 9.17) is 0 Å². The molecule has 4 aliphatic rings. The van der Waals surface area contributed by atoms with Gasteiger partial charge in [-0.25, -0.2) is 0 Å². The standard InChI is InChI=1S/C21H25N3O3S/c1-28-11-10-15-16-17(19(26)24(18(16)25)12-6-2-3-7-12)21(23-15)13-8-4-5-9-14(13)22-20(21)27/h4-5,8-9,12,15-17,23H,2-3,6-7,10-11H2,1H3,(H,22,27)/t15-,16-,17-,21+/m1/s1. The van der Waals surface area contributed by atoms with Gasteiger partial charge in [-0.15, -0.1) is 0 Å². The maximum atomic E-state index is 13.6. The number of amides is 3. The SMILES string of the molecule is CSCC[C@H]1N[C@]2(C(=O)Nc3ccccc32)[C@H]2C(=O)N(C3CCCC3)C(=O)[C@H]12. The van der Waals surface area contributed by atoms with Gasteiger partial charge in [-0.1, -0.05) is 31.0 Å². The van der Waals surface area contributed by atoms with Gasteiger partial charge in [0.2, 0.25) is 17.7 Å². The Morgan fingerprint density at radius 2 is 1.89 bits per heavy atom. The Morgan fingerprint density at radius 3 is 2.64 bits per heavy atom. The number of nitrogens with one attached hydrogen (secondary N) is 2. The molecule has 3 aliphatic heterocycles. The molecule has 1 aromatic carbocycles. The van der Waals surface area contributed by atoms with Gasteiger partial charge in [0.15, 0.2) is 0 Å². The Bertz CT molecular complexity index is 853. The minimum absolute atomic E-state index is 0.00329. The number of rotatable bonds is 4. The monoisotopic (exact) mass is 399 g/mol. The first-order chi connectivity index (χ1) is 13.6. The first-order valence-corrected chi connectivity index (χ1v) is 11.5. The predicted molar refractivity (Wildman–Crippen MR) is 108 cm³/mol.